The van der Waals surface area contributed by atoms with E-state index in [2.05, 4.69) is 15.3 Å². The highest BCUT2D eigenvalue weighted by atomic mass is 32.1. The van der Waals surface area contributed by atoms with Crippen LogP contribution in [0.15, 0.2) is 73.8 Å². The van der Waals surface area contributed by atoms with Crippen LogP contribution in [-0.2, 0) is 19.6 Å². The Morgan fingerprint density at radius 3 is 2.08 bits per heavy atom. The van der Waals surface area contributed by atoms with Crippen LogP contribution in [0.2, 0.25) is 0 Å². The highest BCUT2D eigenvalue weighted by Gasteiger charge is 2.14. The van der Waals surface area contributed by atoms with Crippen molar-refractivity contribution in [3.05, 3.63) is 77.8 Å². The molecule has 4 rings (SSSR count). The van der Waals surface area contributed by atoms with Gasteiger partial charge in [0.15, 0.2) is 10.8 Å². The minimum absolute atomic E-state index is 0.696. The van der Waals surface area contributed by atoms with Gasteiger partial charge in [-0.1, -0.05) is 0 Å². The van der Waals surface area contributed by atoms with Gasteiger partial charge in [0, 0.05) is 11.9 Å². The lowest BCUT2D eigenvalue weighted by Gasteiger charge is -2.18. The molecule has 0 unspecified atom stereocenters. The molecule has 0 spiro atoms. The number of nitrogens with zero attached hydrogens (tertiary/aromatic N) is 2. The maximum atomic E-state index is 5.48. The van der Waals surface area contributed by atoms with Gasteiger partial charge in [-0.25, -0.2) is 4.98 Å². The van der Waals surface area contributed by atoms with Crippen LogP contribution in [0.5, 0.6) is 0 Å². The third-order valence-electron chi connectivity index (χ3n) is 3.59. The normalized spacial score (nSPS) is 11.4. The van der Waals surface area contributed by atoms with Crippen molar-refractivity contribution in [2.75, 3.05) is 0 Å². The van der Waals surface area contributed by atoms with Gasteiger partial charge < -0.3 is 13.3 Å². The van der Waals surface area contributed by atoms with E-state index in [0.29, 0.717) is 19.6 Å². The first-order valence-corrected chi connectivity index (χ1v) is 8.50. The van der Waals surface area contributed by atoms with Gasteiger partial charge in [0.2, 0.25) is 0 Å². The minimum Gasteiger partial charge on any atom is -0.468 e. The van der Waals surface area contributed by atoms with E-state index in [1.807, 2.05) is 36.4 Å². The predicted molar refractivity (Wildman–Crippen MR) is 90.2 cm³/mol. The van der Waals surface area contributed by atoms with E-state index >= 15 is 0 Å². The molecular formula is C18H16N2O3S. The summed E-state index contributed by atoms with van der Waals surface area (Å²) in [6.45, 7) is 2.10. The smallest absolute Gasteiger partial charge is 0.162 e. The van der Waals surface area contributed by atoms with Crippen LogP contribution in [0.3, 0.4) is 0 Å². The molecule has 0 aliphatic rings. The summed E-state index contributed by atoms with van der Waals surface area (Å²) in [6, 6.07) is 11.5. The van der Waals surface area contributed by atoms with Crippen LogP contribution in [0.1, 0.15) is 17.2 Å². The van der Waals surface area contributed by atoms with E-state index in [1.54, 1.807) is 30.1 Å². The molecule has 0 saturated heterocycles. The molecule has 0 bridgehead atoms. The van der Waals surface area contributed by atoms with Gasteiger partial charge in [0.1, 0.15) is 11.5 Å². The van der Waals surface area contributed by atoms with Gasteiger partial charge >= 0.3 is 0 Å². The monoisotopic (exact) mass is 340 g/mol. The minimum atomic E-state index is 0.696. The maximum absolute atomic E-state index is 5.48. The molecule has 0 saturated carbocycles. The predicted octanol–water partition coefficient (Wildman–Crippen LogP) is 4.79. The lowest BCUT2D eigenvalue weighted by molar-refractivity contribution is 0.207. The molecule has 24 heavy (non-hydrogen) atoms. The van der Waals surface area contributed by atoms with Crippen molar-refractivity contribution in [2.24, 2.45) is 0 Å². The second kappa shape index (κ2) is 6.90. The summed E-state index contributed by atoms with van der Waals surface area (Å²) in [4.78, 5) is 6.91. The quantitative estimate of drug-likeness (QED) is 0.484. The number of thiazole rings is 1. The maximum Gasteiger partial charge on any atom is 0.162 e. The molecule has 0 aromatic carbocycles. The van der Waals surface area contributed by atoms with Gasteiger partial charge in [0.05, 0.1) is 37.6 Å². The van der Waals surface area contributed by atoms with Crippen LogP contribution >= 0.6 is 11.3 Å². The van der Waals surface area contributed by atoms with Gasteiger partial charge in [-0.2, -0.15) is 0 Å². The van der Waals surface area contributed by atoms with Crippen molar-refractivity contribution >= 4 is 11.3 Å². The Morgan fingerprint density at radius 1 is 0.833 bits per heavy atom. The molecule has 0 aliphatic heterocycles. The van der Waals surface area contributed by atoms with Crippen molar-refractivity contribution < 1.29 is 13.3 Å². The third kappa shape index (κ3) is 3.50. The third-order valence-corrected chi connectivity index (χ3v) is 4.49. The Balaban J connectivity index is 1.50. The van der Waals surface area contributed by atoms with Crippen molar-refractivity contribution in [1.82, 2.24) is 9.88 Å². The SMILES string of the molecule is c1coc(CN(Cc2csc(-c3ccco3)n2)Cc2ccco2)c1. The first kappa shape index (κ1) is 15.0. The zero-order valence-electron chi connectivity index (χ0n) is 12.9. The van der Waals surface area contributed by atoms with E-state index in [0.717, 1.165) is 28.0 Å². The lowest BCUT2D eigenvalue weighted by Crippen LogP contribution is -2.22. The zero-order chi connectivity index (χ0) is 16.2. The van der Waals surface area contributed by atoms with Crippen LogP contribution in [-0.4, -0.2) is 9.88 Å². The van der Waals surface area contributed by atoms with Crippen LogP contribution < -0.4 is 0 Å². The van der Waals surface area contributed by atoms with E-state index < -0.39 is 0 Å². The van der Waals surface area contributed by atoms with Gasteiger partial charge in [0.25, 0.3) is 0 Å². The van der Waals surface area contributed by atoms with Gasteiger partial charge in [-0.15, -0.1) is 11.3 Å². The summed E-state index contributed by atoms with van der Waals surface area (Å²) in [7, 11) is 0. The highest BCUT2D eigenvalue weighted by molar-refractivity contribution is 7.13. The molecule has 0 aliphatic carbocycles. The van der Waals surface area contributed by atoms with Gasteiger partial charge in [-0.05, 0) is 36.4 Å². The molecule has 0 radical (unpaired) electrons. The summed E-state index contributed by atoms with van der Waals surface area (Å²) < 4.78 is 16.4. The molecular weight excluding hydrogens is 324 g/mol. The molecule has 0 amide bonds. The summed E-state index contributed by atoms with van der Waals surface area (Å²) in [5.41, 5.74) is 1.00. The summed E-state index contributed by atoms with van der Waals surface area (Å²) in [5.74, 6) is 2.64. The molecule has 4 aromatic rings. The number of rotatable bonds is 7. The zero-order valence-corrected chi connectivity index (χ0v) is 13.7. The second-order valence-corrected chi connectivity index (χ2v) is 6.28. The first-order valence-electron chi connectivity index (χ1n) is 7.62. The van der Waals surface area contributed by atoms with Crippen molar-refractivity contribution in [2.45, 2.75) is 19.6 Å². The molecule has 0 atom stereocenters. The molecule has 5 nitrogen and oxygen atoms in total. The van der Waals surface area contributed by atoms with Crippen LogP contribution in [0.25, 0.3) is 10.8 Å². The van der Waals surface area contributed by atoms with Crippen LogP contribution in [0.4, 0.5) is 0 Å². The fourth-order valence-corrected chi connectivity index (χ4v) is 3.31. The van der Waals surface area contributed by atoms with E-state index in [4.69, 9.17) is 13.3 Å². The summed E-state index contributed by atoms with van der Waals surface area (Å²) in [6.07, 6.45) is 5.05. The standard InChI is InChI=1S/C18H16N2O3S/c1-4-15(21-7-1)11-20(12-16-5-2-8-22-16)10-14-13-24-18(19-14)17-6-3-9-23-17/h1-9,13H,10-12H2. The van der Waals surface area contributed by atoms with Crippen molar-refractivity contribution in [3.8, 4) is 10.8 Å². The van der Waals surface area contributed by atoms with E-state index in [9.17, 15) is 0 Å². The van der Waals surface area contributed by atoms with Crippen molar-refractivity contribution in [1.29, 1.82) is 0 Å². The molecule has 0 N–H and O–H groups in total. The molecule has 6 heteroatoms. The average molecular weight is 340 g/mol. The Hall–Kier alpha value is -2.57. The van der Waals surface area contributed by atoms with E-state index in [-0.39, 0.29) is 0 Å². The molecule has 4 heterocycles. The molecule has 4 aromatic heterocycles. The fourth-order valence-electron chi connectivity index (χ4n) is 2.54. The number of hydrogen-bond donors (Lipinski definition) is 0. The summed E-state index contributed by atoms with van der Waals surface area (Å²) >= 11 is 1.59. The average Bonchev–Trinajstić information content (AvgIpc) is 3.37. The number of furan rings is 3. The van der Waals surface area contributed by atoms with Crippen LogP contribution in [0, 0.1) is 0 Å². The second-order valence-electron chi connectivity index (χ2n) is 5.43. The Bertz CT molecular complexity index is 812. The molecule has 122 valence electrons. The number of hydrogen-bond acceptors (Lipinski definition) is 6. The summed E-state index contributed by atoms with van der Waals surface area (Å²) in [5, 5.41) is 2.96. The first-order chi connectivity index (χ1) is 11.9. The highest BCUT2D eigenvalue weighted by Crippen LogP contribution is 2.25. The molecule has 0 fully saturated rings. The number of aromatic nitrogens is 1. The Labute approximate surface area is 143 Å². The fraction of sp³-hybridized carbons (Fsp3) is 0.167. The Kier molecular flexibility index (Phi) is 4.31. The van der Waals surface area contributed by atoms with Gasteiger partial charge in [-0.3, -0.25) is 4.90 Å². The Morgan fingerprint density at radius 2 is 1.50 bits per heavy atom. The topological polar surface area (TPSA) is 55.6 Å². The lowest BCUT2D eigenvalue weighted by atomic mass is 10.3. The van der Waals surface area contributed by atoms with Crippen molar-refractivity contribution in [3.63, 3.8) is 0 Å². The largest absolute Gasteiger partial charge is 0.468 e. The van der Waals surface area contributed by atoms with E-state index in [1.165, 1.54) is 0 Å².